The number of anilines is 1. The normalized spacial score (nSPS) is 16.3. The second kappa shape index (κ2) is 7.02. The van der Waals surface area contributed by atoms with E-state index in [4.69, 9.17) is 10.00 Å². The maximum Gasteiger partial charge on any atom is 0.269 e. The van der Waals surface area contributed by atoms with Gasteiger partial charge in [-0.1, -0.05) is 0 Å². The number of nitrogens with zero attached hydrogens (tertiary/aromatic N) is 3. The van der Waals surface area contributed by atoms with Crippen LogP contribution in [0.3, 0.4) is 0 Å². The van der Waals surface area contributed by atoms with Crippen LogP contribution in [0.25, 0.3) is 0 Å². The van der Waals surface area contributed by atoms with Gasteiger partial charge in [-0.15, -0.1) is 0 Å². The Bertz CT molecular complexity index is 550. The second-order valence-electron chi connectivity index (χ2n) is 4.88. The summed E-state index contributed by atoms with van der Waals surface area (Å²) in [7, 11) is 0. The average molecular weight is 291 g/mol. The summed E-state index contributed by atoms with van der Waals surface area (Å²) in [4.78, 5) is 12.6. The molecule has 1 fully saturated rings. The Labute approximate surface area is 122 Å². The molecule has 1 aliphatic heterocycles. The van der Waals surface area contributed by atoms with Gasteiger partial charge >= 0.3 is 0 Å². The van der Waals surface area contributed by atoms with E-state index in [0.717, 1.165) is 5.69 Å². The summed E-state index contributed by atoms with van der Waals surface area (Å²) in [5.41, 5.74) is 1.58. The minimum absolute atomic E-state index is 0.00311. The molecular weight excluding hydrogens is 274 g/mol. The first-order valence-corrected chi connectivity index (χ1v) is 6.76. The Hall–Kier alpha value is -2.17. The highest BCUT2D eigenvalue weighted by molar-refractivity contribution is 5.58. The van der Waals surface area contributed by atoms with E-state index in [2.05, 4.69) is 4.90 Å². The monoisotopic (exact) mass is 291 g/mol. The fourth-order valence-electron chi connectivity index (χ4n) is 2.38. The maximum atomic E-state index is 10.9. The Morgan fingerprint density at radius 3 is 2.76 bits per heavy atom. The summed E-state index contributed by atoms with van der Waals surface area (Å²) in [5.74, 6) is -0.563. The molecule has 0 saturated carbocycles. The van der Waals surface area contributed by atoms with Gasteiger partial charge in [0.15, 0.2) is 0 Å². The maximum absolute atomic E-state index is 10.9. The Morgan fingerprint density at radius 1 is 1.48 bits per heavy atom. The van der Waals surface area contributed by atoms with E-state index in [1.165, 1.54) is 12.1 Å². The average Bonchev–Trinajstić information content (AvgIpc) is 2.53. The van der Waals surface area contributed by atoms with Gasteiger partial charge in [0.25, 0.3) is 5.69 Å². The zero-order valence-corrected chi connectivity index (χ0v) is 11.6. The van der Waals surface area contributed by atoms with Gasteiger partial charge in [-0.2, -0.15) is 5.26 Å². The largest absolute Gasteiger partial charge is 0.395 e. The Balaban J connectivity index is 2.33. The lowest BCUT2D eigenvalue weighted by molar-refractivity contribution is -0.384. The molecule has 1 heterocycles. The minimum Gasteiger partial charge on any atom is -0.395 e. The molecule has 0 amide bonds. The molecule has 1 saturated heterocycles. The van der Waals surface area contributed by atoms with Crippen LogP contribution in [0, 0.1) is 27.4 Å². The second-order valence-corrected chi connectivity index (χ2v) is 4.88. The number of benzene rings is 1. The van der Waals surface area contributed by atoms with E-state index < -0.39 is 10.8 Å². The number of ether oxygens (including phenoxy) is 1. The minimum atomic E-state index is -0.563. The van der Waals surface area contributed by atoms with E-state index >= 15 is 0 Å². The molecule has 1 aromatic rings. The number of nitro benzene ring substituents is 1. The number of non-ortho nitro benzene ring substituents is 1. The molecule has 0 unspecified atom stereocenters. The van der Waals surface area contributed by atoms with Crippen molar-refractivity contribution in [1.29, 1.82) is 5.26 Å². The predicted octanol–water partition coefficient (Wildman–Crippen LogP) is 1.11. The Kier molecular flexibility index (Phi) is 5.09. The van der Waals surface area contributed by atoms with Crippen LogP contribution < -0.4 is 4.90 Å². The van der Waals surface area contributed by atoms with Crippen molar-refractivity contribution in [3.8, 4) is 6.07 Å². The highest BCUT2D eigenvalue weighted by atomic mass is 16.6. The summed E-state index contributed by atoms with van der Waals surface area (Å²) >= 11 is 0. The van der Waals surface area contributed by atoms with Crippen molar-refractivity contribution in [2.75, 3.05) is 37.8 Å². The van der Waals surface area contributed by atoms with Gasteiger partial charge in [0, 0.05) is 30.9 Å². The third-order valence-corrected chi connectivity index (χ3v) is 3.49. The summed E-state index contributed by atoms with van der Waals surface area (Å²) in [6.45, 7) is 2.38. The number of morpholine rings is 1. The van der Waals surface area contributed by atoms with Crippen LogP contribution in [0.5, 0.6) is 0 Å². The molecule has 7 nitrogen and oxygen atoms in total. The van der Waals surface area contributed by atoms with E-state index in [9.17, 15) is 15.2 Å². The first-order valence-electron chi connectivity index (χ1n) is 6.76. The summed E-state index contributed by atoms with van der Waals surface area (Å²) < 4.78 is 5.30. The van der Waals surface area contributed by atoms with Gasteiger partial charge in [-0.05, 0) is 18.1 Å². The van der Waals surface area contributed by atoms with Crippen molar-refractivity contribution in [3.05, 3.63) is 33.9 Å². The third kappa shape index (κ3) is 3.68. The molecule has 21 heavy (non-hydrogen) atoms. The molecule has 0 spiro atoms. The van der Waals surface area contributed by atoms with Gasteiger partial charge in [0.05, 0.1) is 36.7 Å². The van der Waals surface area contributed by atoms with Gasteiger partial charge in [0.1, 0.15) is 0 Å². The zero-order chi connectivity index (χ0) is 15.2. The molecule has 1 aliphatic rings. The Morgan fingerprint density at radius 2 is 2.19 bits per heavy atom. The van der Waals surface area contributed by atoms with Gasteiger partial charge in [-0.25, -0.2) is 0 Å². The topological polar surface area (TPSA) is 99.6 Å². The predicted molar refractivity (Wildman–Crippen MR) is 76.0 cm³/mol. The smallest absolute Gasteiger partial charge is 0.269 e. The van der Waals surface area contributed by atoms with Crippen molar-refractivity contribution in [2.45, 2.75) is 6.42 Å². The van der Waals surface area contributed by atoms with Crippen LogP contribution in [0.1, 0.15) is 5.56 Å². The quantitative estimate of drug-likeness (QED) is 0.644. The van der Waals surface area contributed by atoms with E-state index in [1.807, 2.05) is 6.07 Å². The van der Waals surface area contributed by atoms with E-state index in [1.54, 1.807) is 6.07 Å². The first-order chi connectivity index (χ1) is 10.2. The zero-order valence-electron chi connectivity index (χ0n) is 11.6. The third-order valence-electron chi connectivity index (χ3n) is 3.49. The van der Waals surface area contributed by atoms with Gasteiger partial charge in [-0.3, -0.25) is 10.1 Å². The molecule has 0 aromatic heterocycles. The number of nitriles is 1. The van der Waals surface area contributed by atoms with Crippen molar-refractivity contribution in [2.24, 2.45) is 5.92 Å². The van der Waals surface area contributed by atoms with Crippen LogP contribution in [0.2, 0.25) is 0 Å². The SMILES string of the molecule is N#C[C@@H](CO)Cc1cc([N+](=O)[O-])ccc1N1CCOCC1. The summed E-state index contributed by atoms with van der Waals surface area (Å²) in [6.07, 6.45) is 0.293. The molecule has 0 aliphatic carbocycles. The molecule has 0 radical (unpaired) electrons. The van der Waals surface area contributed by atoms with Crippen molar-refractivity contribution >= 4 is 11.4 Å². The fourth-order valence-corrected chi connectivity index (χ4v) is 2.38. The van der Waals surface area contributed by atoms with Gasteiger partial charge in [0.2, 0.25) is 0 Å². The molecule has 1 N–H and O–H groups in total. The van der Waals surface area contributed by atoms with Crippen molar-refractivity contribution < 1.29 is 14.8 Å². The fraction of sp³-hybridized carbons (Fsp3) is 0.500. The lowest BCUT2D eigenvalue weighted by atomic mass is 9.98. The molecular formula is C14H17N3O4. The highest BCUT2D eigenvalue weighted by Crippen LogP contribution is 2.28. The van der Waals surface area contributed by atoms with Crippen molar-refractivity contribution in [3.63, 3.8) is 0 Å². The lowest BCUT2D eigenvalue weighted by Gasteiger charge is -2.30. The van der Waals surface area contributed by atoms with Crippen LogP contribution in [0.15, 0.2) is 18.2 Å². The molecule has 7 heteroatoms. The van der Waals surface area contributed by atoms with Crippen LogP contribution in [0.4, 0.5) is 11.4 Å². The molecule has 2 rings (SSSR count). The van der Waals surface area contributed by atoms with Crippen LogP contribution in [-0.4, -0.2) is 42.9 Å². The number of aliphatic hydroxyl groups excluding tert-OH is 1. The molecule has 1 aromatic carbocycles. The first kappa shape index (κ1) is 15.2. The number of hydrogen-bond donors (Lipinski definition) is 1. The van der Waals surface area contributed by atoms with E-state index in [-0.39, 0.29) is 12.3 Å². The molecule has 112 valence electrons. The van der Waals surface area contributed by atoms with Crippen molar-refractivity contribution in [1.82, 2.24) is 0 Å². The number of hydrogen-bond acceptors (Lipinski definition) is 6. The van der Waals surface area contributed by atoms with Crippen LogP contribution in [-0.2, 0) is 11.2 Å². The lowest BCUT2D eigenvalue weighted by Crippen LogP contribution is -2.37. The van der Waals surface area contributed by atoms with E-state index in [0.29, 0.717) is 38.3 Å². The summed E-state index contributed by atoms with van der Waals surface area (Å²) in [5, 5.41) is 29.1. The summed E-state index contributed by atoms with van der Waals surface area (Å²) in [6, 6.07) is 6.69. The molecule has 0 bridgehead atoms. The number of rotatable bonds is 5. The van der Waals surface area contributed by atoms with Gasteiger partial charge < -0.3 is 14.7 Å². The molecule has 1 atom stereocenters. The standard InChI is InChI=1S/C14H17N3O4/c15-9-11(10-18)7-12-8-13(17(19)20)1-2-14(12)16-3-5-21-6-4-16/h1-2,8,11,18H,3-7,10H2/t11-/m0/s1. The highest BCUT2D eigenvalue weighted by Gasteiger charge is 2.20. The number of nitro groups is 1. The van der Waals surface area contributed by atoms with Crippen LogP contribution >= 0.6 is 0 Å². The number of aliphatic hydroxyl groups is 1.